The monoisotopic (exact) mass is 171 g/mol. The summed E-state index contributed by atoms with van der Waals surface area (Å²) in [4.78, 5) is 23.7. The van der Waals surface area contributed by atoms with Gasteiger partial charge in [0, 0.05) is 6.21 Å². The second-order valence-corrected chi connectivity index (χ2v) is 1.69. The number of nitrogens with zero attached hydrogens (tertiary/aromatic N) is 1. The quantitative estimate of drug-likeness (QED) is 0.216. The SMILES string of the molecule is CCOC(=O)C(C=NC=O)=CO. The number of ether oxygens (including phenoxy) is 1. The van der Waals surface area contributed by atoms with Gasteiger partial charge in [-0.3, -0.25) is 4.79 Å². The minimum atomic E-state index is -0.717. The predicted molar refractivity (Wildman–Crippen MR) is 41.9 cm³/mol. The van der Waals surface area contributed by atoms with Crippen LogP contribution in [0, 0.1) is 0 Å². The van der Waals surface area contributed by atoms with Crippen molar-refractivity contribution in [2.24, 2.45) is 4.99 Å². The van der Waals surface area contributed by atoms with Gasteiger partial charge in [0.25, 0.3) is 0 Å². The van der Waals surface area contributed by atoms with Gasteiger partial charge in [-0.05, 0) is 6.92 Å². The highest BCUT2D eigenvalue weighted by Crippen LogP contribution is 1.92. The van der Waals surface area contributed by atoms with Crippen molar-refractivity contribution in [2.45, 2.75) is 6.92 Å². The van der Waals surface area contributed by atoms with Gasteiger partial charge in [-0.15, -0.1) is 0 Å². The third-order valence-corrected chi connectivity index (χ3v) is 0.925. The lowest BCUT2D eigenvalue weighted by atomic mass is 10.3. The summed E-state index contributed by atoms with van der Waals surface area (Å²) in [6.45, 7) is 1.83. The Morgan fingerprint density at radius 1 is 1.67 bits per heavy atom. The molecule has 0 atom stereocenters. The number of carbonyl (C=O) groups excluding carboxylic acids is 2. The summed E-state index contributed by atoms with van der Waals surface area (Å²) < 4.78 is 4.52. The highest BCUT2D eigenvalue weighted by Gasteiger charge is 2.06. The molecule has 5 nitrogen and oxygen atoms in total. The Labute approximate surface area is 69.4 Å². The molecule has 1 amide bonds. The van der Waals surface area contributed by atoms with Crippen LogP contribution in [0.3, 0.4) is 0 Å². The lowest BCUT2D eigenvalue weighted by Gasteiger charge is -1.98. The van der Waals surface area contributed by atoms with E-state index in [1.807, 2.05) is 0 Å². The summed E-state index contributed by atoms with van der Waals surface area (Å²) in [6.07, 6.45) is 1.71. The molecule has 5 heteroatoms. The standard InChI is InChI=1S/C7H9NO4/c1-2-12-7(11)6(4-9)3-8-5-10/h3-5,9H,2H2,1H3. The van der Waals surface area contributed by atoms with Crippen LogP contribution in [-0.4, -0.2) is 30.3 Å². The molecule has 0 bridgehead atoms. The van der Waals surface area contributed by atoms with Crippen molar-refractivity contribution in [2.75, 3.05) is 6.61 Å². The van der Waals surface area contributed by atoms with Crippen LogP contribution >= 0.6 is 0 Å². The number of amides is 1. The van der Waals surface area contributed by atoms with E-state index in [1.165, 1.54) is 0 Å². The lowest BCUT2D eigenvalue weighted by Crippen LogP contribution is -2.08. The normalized spacial score (nSPS) is 11.6. The van der Waals surface area contributed by atoms with E-state index in [-0.39, 0.29) is 18.6 Å². The molecule has 0 heterocycles. The number of hydrogen-bond donors (Lipinski definition) is 1. The Morgan fingerprint density at radius 2 is 2.33 bits per heavy atom. The fourth-order valence-corrected chi connectivity index (χ4v) is 0.464. The van der Waals surface area contributed by atoms with E-state index in [4.69, 9.17) is 5.11 Å². The third-order valence-electron chi connectivity index (χ3n) is 0.925. The molecule has 66 valence electrons. The molecule has 0 aromatic carbocycles. The Kier molecular flexibility index (Phi) is 5.25. The molecule has 0 spiro atoms. The highest BCUT2D eigenvalue weighted by atomic mass is 16.5. The van der Waals surface area contributed by atoms with Crippen LogP contribution in [0.25, 0.3) is 0 Å². The molecular weight excluding hydrogens is 162 g/mol. The Balaban J connectivity index is 4.26. The van der Waals surface area contributed by atoms with Gasteiger partial charge >= 0.3 is 5.97 Å². The van der Waals surface area contributed by atoms with Crippen LogP contribution in [0.15, 0.2) is 16.8 Å². The molecule has 0 rings (SSSR count). The third kappa shape index (κ3) is 3.50. The smallest absolute Gasteiger partial charge is 0.342 e. The molecular formula is C7H9NO4. The van der Waals surface area contributed by atoms with Crippen LogP contribution in [0.1, 0.15) is 6.92 Å². The second kappa shape index (κ2) is 6.09. The second-order valence-electron chi connectivity index (χ2n) is 1.69. The zero-order valence-electron chi connectivity index (χ0n) is 6.56. The first-order valence-corrected chi connectivity index (χ1v) is 3.24. The molecule has 0 aliphatic heterocycles. The summed E-state index contributed by atoms with van der Waals surface area (Å²) in [6, 6.07) is 0. The number of esters is 1. The van der Waals surface area contributed by atoms with Crippen LogP contribution in [0.2, 0.25) is 0 Å². The van der Waals surface area contributed by atoms with Gasteiger partial charge in [-0.2, -0.15) is 0 Å². The van der Waals surface area contributed by atoms with Gasteiger partial charge in [-0.25, -0.2) is 9.79 Å². The van der Waals surface area contributed by atoms with E-state index in [0.29, 0.717) is 6.26 Å². The fourth-order valence-electron chi connectivity index (χ4n) is 0.464. The first-order valence-electron chi connectivity index (χ1n) is 3.24. The first-order chi connectivity index (χ1) is 5.76. The van der Waals surface area contributed by atoms with Crippen molar-refractivity contribution in [1.29, 1.82) is 0 Å². The predicted octanol–water partition coefficient (Wildman–Crippen LogP) is 0.219. The number of aliphatic imine (C=N–C) groups is 1. The summed E-state index contributed by atoms with van der Waals surface area (Å²) in [5.74, 6) is -0.717. The minimum Gasteiger partial charge on any atom is -0.515 e. The molecule has 1 N–H and O–H groups in total. The Bertz CT molecular complexity index is 219. The molecule has 0 aromatic heterocycles. The van der Waals surface area contributed by atoms with E-state index in [2.05, 4.69) is 9.73 Å². The highest BCUT2D eigenvalue weighted by molar-refractivity contribution is 6.10. The molecule has 0 saturated heterocycles. The van der Waals surface area contributed by atoms with Gasteiger partial charge < -0.3 is 9.84 Å². The molecule has 12 heavy (non-hydrogen) atoms. The Morgan fingerprint density at radius 3 is 2.75 bits per heavy atom. The van der Waals surface area contributed by atoms with Crippen LogP contribution in [0.4, 0.5) is 0 Å². The van der Waals surface area contributed by atoms with Crippen molar-refractivity contribution < 1.29 is 19.4 Å². The first kappa shape index (κ1) is 10.3. The van der Waals surface area contributed by atoms with E-state index < -0.39 is 5.97 Å². The van der Waals surface area contributed by atoms with Crippen molar-refractivity contribution in [3.63, 3.8) is 0 Å². The van der Waals surface area contributed by atoms with E-state index in [0.717, 1.165) is 6.21 Å². The van der Waals surface area contributed by atoms with Crippen LogP contribution in [-0.2, 0) is 14.3 Å². The summed E-state index contributed by atoms with van der Waals surface area (Å²) >= 11 is 0. The van der Waals surface area contributed by atoms with E-state index >= 15 is 0 Å². The van der Waals surface area contributed by atoms with Gasteiger partial charge in [0.1, 0.15) is 5.57 Å². The minimum absolute atomic E-state index is 0.163. The average molecular weight is 171 g/mol. The van der Waals surface area contributed by atoms with Gasteiger partial charge in [-0.1, -0.05) is 0 Å². The fraction of sp³-hybridized carbons (Fsp3) is 0.286. The maximum atomic E-state index is 10.8. The molecule has 0 aromatic rings. The molecule has 0 saturated carbocycles. The summed E-state index contributed by atoms with van der Waals surface area (Å²) in [5.41, 5.74) is -0.163. The van der Waals surface area contributed by atoms with Crippen molar-refractivity contribution in [3.8, 4) is 0 Å². The number of carbonyl (C=O) groups is 2. The largest absolute Gasteiger partial charge is 0.515 e. The van der Waals surface area contributed by atoms with Crippen molar-refractivity contribution in [1.82, 2.24) is 0 Å². The molecule has 0 aliphatic carbocycles. The number of hydrogen-bond acceptors (Lipinski definition) is 4. The number of rotatable bonds is 4. The molecule has 0 radical (unpaired) electrons. The summed E-state index contributed by atoms with van der Waals surface area (Å²) in [5, 5.41) is 8.48. The summed E-state index contributed by atoms with van der Waals surface area (Å²) in [7, 11) is 0. The van der Waals surface area contributed by atoms with Crippen molar-refractivity contribution in [3.05, 3.63) is 11.8 Å². The Hall–Kier alpha value is -1.65. The molecule has 0 fully saturated rings. The zero-order chi connectivity index (χ0) is 9.40. The van der Waals surface area contributed by atoms with Crippen LogP contribution in [0.5, 0.6) is 0 Å². The maximum absolute atomic E-state index is 10.8. The van der Waals surface area contributed by atoms with Gasteiger partial charge in [0.2, 0.25) is 6.41 Å². The van der Waals surface area contributed by atoms with Gasteiger partial charge in [0.05, 0.1) is 12.9 Å². The van der Waals surface area contributed by atoms with Crippen molar-refractivity contribution >= 4 is 18.6 Å². The molecule has 0 aliphatic rings. The average Bonchev–Trinajstić information content (AvgIpc) is 2.06. The van der Waals surface area contributed by atoms with Gasteiger partial charge in [0.15, 0.2) is 0 Å². The lowest BCUT2D eigenvalue weighted by molar-refractivity contribution is -0.137. The van der Waals surface area contributed by atoms with E-state index in [1.54, 1.807) is 6.92 Å². The molecule has 0 unspecified atom stereocenters. The van der Waals surface area contributed by atoms with E-state index in [9.17, 15) is 9.59 Å². The zero-order valence-corrected chi connectivity index (χ0v) is 6.56. The maximum Gasteiger partial charge on any atom is 0.342 e. The topological polar surface area (TPSA) is 76.0 Å². The van der Waals surface area contributed by atoms with Crippen LogP contribution < -0.4 is 0 Å². The number of aliphatic hydroxyl groups is 1. The number of aliphatic hydroxyl groups excluding tert-OH is 1.